The average molecular weight is 190 g/mol. The van der Waals surface area contributed by atoms with Gasteiger partial charge >= 0.3 is 0 Å². The van der Waals surface area contributed by atoms with Crippen LogP contribution in [0.15, 0.2) is 0 Å². The molecular weight excluding hydrogens is 168 g/mol. The van der Waals surface area contributed by atoms with Crippen LogP contribution in [0.4, 0.5) is 0 Å². The van der Waals surface area contributed by atoms with Crippen LogP contribution < -0.4 is 0 Å². The van der Waals surface area contributed by atoms with Crippen LogP contribution in [0.25, 0.3) is 0 Å². The van der Waals surface area contributed by atoms with Crippen LogP contribution in [-0.4, -0.2) is 23.2 Å². The first-order valence-electron chi connectivity index (χ1n) is 5.10. The van der Waals surface area contributed by atoms with Gasteiger partial charge in [0.25, 0.3) is 0 Å². The molecule has 1 N–H and O–H groups in total. The Morgan fingerprint density at radius 3 is 2.17 bits per heavy atom. The zero-order chi connectivity index (χ0) is 9.07. The predicted octanol–water partition coefficient (Wildman–Crippen LogP) is 3.07. The molecule has 74 valence electrons. The molecule has 0 fully saturated rings. The summed E-state index contributed by atoms with van der Waals surface area (Å²) in [5.74, 6) is 2.61. The number of rotatable bonds is 9. The van der Waals surface area contributed by atoms with Gasteiger partial charge in [0.2, 0.25) is 0 Å². The molecule has 0 heterocycles. The maximum atomic E-state index is 8.53. The topological polar surface area (TPSA) is 20.2 Å². The molecular formula is C10H22OS. The van der Waals surface area contributed by atoms with Crippen LogP contribution in [-0.2, 0) is 0 Å². The van der Waals surface area contributed by atoms with Crippen LogP contribution in [0.3, 0.4) is 0 Å². The first kappa shape index (κ1) is 12.3. The van der Waals surface area contributed by atoms with Crippen LogP contribution in [0.1, 0.15) is 45.4 Å². The fourth-order valence-corrected chi connectivity index (χ4v) is 2.07. The molecule has 0 atom stereocenters. The molecule has 0 rings (SSSR count). The maximum Gasteiger partial charge on any atom is 0.0431 e. The van der Waals surface area contributed by atoms with Gasteiger partial charge in [-0.3, -0.25) is 0 Å². The SMILES string of the molecule is CCCCCSCCCCCO. The van der Waals surface area contributed by atoms with Crippen molar-refractivity contribution in [2.75, 3.05) is 18.1 Å². The van der Waals surface area contributed by atoms with E-state index >= 15 is 0 Å². The third kappa shape index (κ3) is 10.3. The standard InChI is InChI=1S/C10H22OS/c1-2-3-6-9-12-10-7-4-5-8-11/h11H,2-10H2,1H3. The van der Waals surface area contributed by atoms with Crippen LogP contribution in [0, 0.1) is 0 Å². The van der Waals surface area contributed by atoms with Gasteiger partial charge in [-0.2, -0.15) is 11.8 Å². The second kappa shape index (κ2) is 11.3. The third-order valence-corrected chi connectivity index (χ3v) is 2.99. The molecule has 0 aromatic carbocycles. The van der Waals surface area contributed by atoms with E-state index in [-0.39, 0.29) is 0 Å². The highest BCUT2D eigenvalue weighted by Gasteiger charge is 1.90. The van der Waals surface area contributed by atoms with E-state index in [1.54, 1.807) is 0 Å². The van der Waals surface area contributed by atoms with Crippen molar-refractivity contribution in [3.8, 4) is 0 Å². The molecule has 1 nitrogen and oxygen atoms in total. The fraction of sp³-hybridized carbons (Fsp3) is 1.00. The van der Waals surface area contributed by atoms with Crippen molar-refractivity contribution in [2.24, 2.45) is 0 Å². The van der Waals surface area contributed by atoms with Gasteiger partial charge in [0.1, 0.15) is 0 Å². The van der Waals surface area contributed by atoms with Crippen molar-refractivity contribution < 1.29 is 5.11 Å². The molecule has 0 bridgehead atoms. The minimum atomic E-state index is 0.362. The zero-order valence-electron chi connectivity index (χ0n) is 8.22. The van der Waals surface area contributed by atoms with Crippen molar-refractivity contribution in [1.82, 2.24) is 0 Å². The van der Waals surface area contributed by atoms with E-state index in [1.807, 2.05) is 0 Å². The summed E-state index contributed by atoms with van der Waals surface area (Å²) in [5, 5.41) is 8.53. The Morgan fingerprint density at radius 2 is 1.58 bits per heavy atom. The van der Waals surface area contributed by atoms with E-state index in [4.69, 9.17) is 5.11 Å². The van der Waals surface area contributed by atoms with Gasteiger partial charge in [0.05, 0.1) is 0 Å². The largest absolute Gasteiger partial charge is 0.396 e. The molecule has 0 saturated heterocycles. The van der Waals surface area contributed by atoms with Gasteiger partial charge in [-0.05, 0) is 30.8 Å². The maximum absolute atomic E-state index is 8.53. The van der Waals surface area contributed by atoms with E-state index in [1.165, 1.54) is 43.6 Å². The lowest BCUT2D eigenvalue weighted by molar-refractivity contribution is 0.284. The molecule has 0 aliphatic rings. The second-order valence-corrected chi connectivity index (χ2v) is 4.33. The summed E-state index contributed by atoms with van der Waals surface area (Å²) in [6.07, 6.45) is 7.53. The number of hydrogen-bond donors (Lipinski definition) is 1. The predicted molar refractivity (Wildman–Crippen MR) is 57.8 cm³/mol. The monoisotopic (exact) mass is 190 g/mol. The van der Waals surface area contributed by atoms with E-state index in [0.717, 1.165) is 6.42 Å². The average Bonchev–Trinajstić information content (AvgIpc) is 2.10. The van der Waals surface area contributed by atoms with E-state index in [2.05, 4.69) is 18.7 Å². The molecule has 0 aliphatic heterocycles. The van der Waals surface area contributed by atoms with Gasteiger partial charge in [0, 0.05) is 6.61 Å². The number of unbranched alkanes of at least 4 members (excludes halogenated alkanes) is 4. The summed E-state index contributed by atoms with van der Waals surface area (Å²) >= 11 is 2.06. The molecule has 0 spiro atoms. The first-order chi connectivity index (χ1) is 5.91. The second-order valence-electron chi connectivity index (χ2n) is 3.10. The molecule has 0 unspecified atom stereocenters. The first-order valence-corrected chi connectivity index (χ1v) is 6.26. The van der Waals surface area contributed by atoms with Crippen LogP contribution in [0.5, 0.6) is 0 Å². The Morgan fingerprint density at radius 1 is 0.917 bits per heavy atom. The highest BCUT2D eigenvalue weighted by atomic mass is 32.2. The molecule has 0 amide bonds. The van der Waals surface area contributed by atoms with Crippen molar-refractivity contribution in [1.29, 1.82) is 0 Å². The summed E-state index contributed by atoms with van der Waals surface area (Å²) < 4.78 is 0. The lowest BCUT2D eigenvalue weighted by atomic mass is 10.3. The molecule has 0 aromatic heterocycles. The van der Waals surface area contributed by atoms with Gasteiger partial charge in [-0.15, -0.1) is 0 Å². The zero-order valence-corrected chi connectivity index (χ0v) is 9.04. The normalized spacial score (nSPS) is 10.5. The summed E-state index contributed by atoms with van der Waals surface area (Å²) in [7, 11) is 0. The van der Waals surface area contributed by atoms with Crippen molar-refractivity contribution in [3.05, 3.63) is 0 Å². The van der Waals surface area contributed by atoms with Gasteiger partial charge < -0.3 is 5.11 Å². The highest BCUT2D eigenvalue weighted by molar-refractivity contribution is 7.99. The molecule has 0 radical (unpaired) electrons. The van der Waals surface area contributed by atoms with Gasteiger partial charge in [-0.25, -0.2) is 0 Å². The summed E-state index contributed by atoms with van der Waals surface area (Å²) in [6, 6.07) is 0. The Labute approximate surface area is 80.9 Å². The van der Waals surface area contributed by atoms with Crippen molar-refractivity contribution in [3.63, 3.8) is 0 Å². The molecule has 0 aliphatic carbocycles. The third-order valence-electron chi connectivity index (χ3n) is 1.84. The number of aliphatic hydroxyl groups is 1. The number of thioether (sulfide) groups is 1. The van der Waals surface area contributed by atoms with E-state index < -0.39 is 0 Å². The molecule has 2 heteroatoms. The quantitative estimate of drug-likeness (QED) is 0.564. The Kier molecular flexibility index (Phi) is 11.6. The van der Waals surface area contributed by atoms with Crippen molar-refractivity contribution in [2.45, 2.75) is 45.4 Å². The summed E-state index contributed by atoms with van der Waals surface area (Å²) in [5.41, 5.74) is 0. The Bertz CT molecular complexity index is 66.2. The minimum Gasteiger partial charge on any atom is -0.396 e. The van der Waals surface area contributed by atoms with Crippen molar-refractivity contribution >= 4 is 11.8 Å². The summed E-state index contributed by atoms with van der Waals surface area (Å²) in [4.78, 5) is 0. The summed E-state index contributed by atoms with van der Waals surface area (Å²) in [6.45, 7) is 2.60. The Hall–Kier alpha value is 0.310. The van der Waals surface area contributed by atoms with E-state index in [9.17, 15) is 0 Å². The number of hydrogen-bond acceptors (Lipinski definition) is 2. The minimum absolute atomic E-state index is 0.362. The van der Waals surface area contributed by atoms with Crippen LogP contribution in [0.2, 0.25) is 0 Å². The lowest BCUT2D eigenvalue weighted by Gasteiger charge is -2.00. The highest BCUT2D eigenvalue weighted by Crippen LogP contribution is 2.09. The molecule has 0 aromatic rings. The van der Waals surface area contributed by atoms with E-state index in [0.29, 0.717) is 6.61 Å². The smallest absolute Gasteiger partial charge is 0.0431 e. The Balaban J connectivity index is 2.73. The van der Waals surface area contributed by atoms with Gasteiger partial charge in [0.15, 0.2) is 0 Å². The lowest BCUT2D eigenvalue weighted by Crippen LogP contribution is -1.87. The van der Waals surface area contributed by atoms with Crippen LogP contribution >= 0.6 is 11.8 Å². The number of aliphatic hydroxyl groups excluding tert-OH is 1. The molecule has 12 heavy (non-hydrogen) atoms. The molecule has 0 saturated carbocycles. The fourth-order valence-electron chi connectivity index (χ4n) is 1.05. The van der Waals surface area contributed by atoms with Gasteiger partial charge in [-0.1, -0.05) is 26.2 Å².